The molecule has 1 aliphatic heterocycles. The van der Waals surface area contributed by atoms with E-state index in [1.54, 1.807) is 11.0 Å². The molecule has 1 saturated heterocycles. The highest BCUT2D eigenvalue weighted by Crippen LogP contribution is 2.12. The fraction of sp³-hybridized carbons (Fsp3) is 0.556. The van der Waals surface area contributed by atoms with Gasteiger partial charge in [-0.1, -0.05) is 12.7 Å². The Morgan fingerprint density at radius 2 is 2.64 bits per heavy atom. The summed E-state index contributed by atoms with van der Waals surface area (Å²) < 4.78 is 4.88. The number of likely N-dealkylation sites (tertiary alicyclic amines) is 1. The molecule has 0 N–H and O–H groups in total. The van der Waals surface area contributed by atoms with Crippen molar-refractivity contribution >= 4 is 23.5 Å². The molecule has 0 aromatic rings. The largest absolute Gasteiger partial charge is 0.445 e. The van der Waals surface area contributed by atoms with Gasteiger partial charge < -0.3 is 9.64 Å². The standard InChI is InChI=1S/C9H12N2O2S/c1-2-5-13-9(12)11-4-3-8(6-11)10-7-14/h2,8H,1,3-6H2. The van der Waals surface area contributed by atoms with Gasteiger partial charge in [-0.3, -0.25) is 0 Å². The first kappa shape index (κ1) is 10.9. The van der Waals surface area contributed by atoms with Gasteiger partial charge in [0.05, 0.1) is 11.2 Å². The van der Waals surface area contributed by atoms with E-state index in [0.29, 0.717) is 13.1 Å². The number of amides is 1. The van der Waals surface area contributed by atoms with Crippen LogP contribution in [0.25, 0.3) is 0 Å². The molecule has 0 aromatic carbocycles. The number of hydrogen-bond donors (Lipinski definition) is 0. The maximum atomic E-state index is 11.3. The van der Waals surface area contributed by atoms with E-state index in [1.807, 2.05) is 0 Å². The van der Waals surface area contributed by atoms with Crippen LogP contribution in [0.15, 0.2) is 17.6 Å². The zero-order chi connectivity index (χ0) is 10.4. The molecule has 76 valence electrons. The minimum absolute atomic E-state index is 0.0868. The van der Waals surface area contributed by atoms with Crippen LogP contribution in [-0.4, -0.2) is 41.9 Å². The summed E-state index contributed by atoms with van der Waals surface area (Å²) in [5.41, 5.74) is 0. The lowest BCUT2D eigenvalue weighted by atomic mass is 10.3. The van der Waals surface area contributed by atoms with Crippen molar-refractivity contribution in [2.45, 2.75) is 12.5 Å². The van der Waals surface area contributed by atoms with Gasteiger partial charge in [-0.15, -0.1) is 0 Å². The van der Waals surface area contributed by atoms with E-state index < -0.39 is 0 Å². The molecule has 1 rings (SSSR count). The van der Waals surface area contributed by atoms with E-state index in [0.717, 1.165) is 6.42 Å². The molecule has 0 bridgehead atoms. The molecule has 4 nitrogen and oxygen atoms in total. The molecule has 1 amide bonds. The summed E-state index contributed by atoms with van der Waals surface area (Å²) in [4.78, 5) is 16.9. The molecule has 1 heterocycles. The van der Waals surface area contributed by atoms with Crippen LogP contribution in [0.3, 0.4) is 0 Å². The Balaban J connectivity index is 2.37. The average molecular weight is 212 g/mol. The molecule has 1 aliphatic rings. The van der Waals surface area contributed by atoms with Crippen molar-refractivity contribution in [1.29, 1.82) is 0 Å². The lowest BCUT2D eigenvalue weighted by molar-refractivity contribution is 0.121. The van der Waals surface area contributed by atoms with E-state index in [1.165, 1.54) is 0 Å². The molecular formula is C9H12N2O2S. The van der Waals surface area contributed by atoms with Crippen LogP contribution in [0.2, 0.25) is 0 Å². The van der Waals surface area contributed by atoms with Crippen molar-refractivity contribution in [3.63, 3.8) is 0 Å². The van der Waals surface area contributed by atoms with Crippen LogP contribution in [0, 0.1) is 0 Å². The lowest BCUT2D eigenvalue weighted by Gasteiger charge is -2.14. The van der Waals surface area contributed by atoms with Gasteiger partial charge in [-0.2, -0.15) is 0 Å². The predicted molar refractivity (Wildman–Crippen MR) is 56.5 cm³/mol. The highest BCUT2D eigenvalue weighted by Gasteiger charge is 2.26. The van der Waals surface area contributed by atoms with Crippen LogP contribution in [0.4, 0.5) is 4.79 Å². The van der Waals surface area contributed by atoms with Crippen LogP contribution in [0.1, 0.15) is 6.42 Å². The van der Waals surface area contributed by atoms with Gasteiger partial charge in [-0.05, 0) is 18.6 Å². The number of rotatable bonds is 3. The van der Waals surface area contributed by atoms with Gasteiger partial charge in [0.25, 0.3) is 0 Å². The van der Waals surface area contributed by atoms with E-state index >= 15 is 0 Å². The molecular weight excluding hydrogens is 200 g/mol. The third kappa shape index (κ3) is 2.94. The predicted octanol–water partition coefficient (Wildman–Crippen LogP) is 1.49. The van der Waals surface area contributed by atoms with Crippen molar-refractivity contribution in [2.75, 3.05) is 19.7 Å². The Kier molecular flexibility index (Phi) is 4.29. The Hall–Kier alpha value is -1.19. The first-order chi connectivity index (χ1) is 6.77. The first-order valence-electron chi connectivity index (χ1n) is 4.37. The minimum atomic E-state index is -0.313. The molecule has 0 aromatic heterocycles. The number of carbonyl (C=O) groups excluding carboxylic acids is 1. The summed E-state index contributed by atoms with van der Waals surface area (Å²) in [6.07, 6.45) is 2.06. The Morgan fingerprint density at radius 3 is 3.29 bits per heavy atom. The molecule has 1 fully saturated rings. The van der Waals surface area contributed by atoms with Gasteiger partial charge in [0.1, 0.15) is 6.61 Å². The molecule has 0 radical (unpaired) electrons. The Morgan fingerprint density at radius 1 is 1.86 bits per heavy atom. The number of thiocarbonyl (C=S) groups is 1. The quantitative estimate of drug-likeness (QED) is 0.404. The van der Waals surface area contributed by atoms with Gasteiger partial charge in [0.15, 0.2) is 0 Å². The second kappa shape index (κ2) is 5.52. The third-order valence-corrected chi connectivity index (χ3v) is 2.09. The average Bonchev–Trinajstić information content (AvgIpc) is 2.63. The van der Waals surface area contributed by atoms with Gasteiger partial charge in [-0.25, -0.2) is 9.79 Å². The maximum Gasteiger partial charge on any atom is 0.410 e. The van der Waals surface area contributed by atoms with E-state index in [-0.39, 0.29) is 18.7 Å². The van der Waals surface area contributed by atoms with Crippen LogP contribution in [0.5, 0.6) is 0 Å². The fourth-order valence-electron chi connectivity index (χ4n) is 1.31. The molecule has 0 aliphatic carbocycles. The Labute approximate surface area is 88.3 Å². The molecule has 5 heteroatoms. The number of hydrogen-bond acceptors (Lipinski definition) is 4. The molecule has 14 heavy (non-hydrogen) atoms. The number of ether oxygens (including phenoxy) is 1. The van der Waals surface area contributed by atoms with Crippen molar-refractivity contribution in [3.05, 3.63) is 12.7 Å². The number of carbonyl (C=O) groups is 1. The van der Waals surface area contributed by atoms with Crippen molar-refractivity contribution in [1.82, 2.24) is 4.90 Å². The van der Waals surface area contributed by atoms with Crippen LogP contribution in [-0.2, 0) is 4.74 Å². The number of aliphatic imine (C=N–C) groups is 1. The van der Waals surface area contributed by atoms with E-state index in [2.05, 4.69) is 29.0 Å². The van der Waals surface area contributed by atoms with Crippen LogP contribution < -0.4 is 0 Å². The zero-order valence-corrected chi connectivity index (χ0v) is 8.63. The highest BCUT2D eigenvalue weighted by atomic mass is 32.1. The second-order valence-corrected chi connectivity index (χ2v) is 3.16. The summed E-state index contributed by atoms with van der Waals surface area (Å²) in [7, 11) is 0. The molecule has 0 saturated carbocycles. The third-order valence-electron chi connectivity index (χ3n) is 1.98. The van der Waals surface area contributed by atoms with Crippen molar-refractivity contribution in [2.24, 2.45) is 4.99 Å². The monoisotopic (exact) mass is 212 g/mol. The first-order valence-corrected chi connectivity index (χ1v) is 4.78. The highest BCUT2D eigenvalue weighted by molar-refractivity contribution is 7.78. The lowest BCUT2D eigenvalue weighted by Crippen LogP contribution is -2.29. The number of isothiocyanates is 1. The summed E-state index contributed by atoms with van der Waals surface area (Å²) in [5, 5.41) is 2.33. The van der Waals surface area contributed by atoms with Crippen molar-refractivity contribution < 1.29 is 9.53 Å². The second-order valence-electron chi connectivity index (χ2n) is 2.97. The zero-order valence-electron chi connectivity index (χ0n) is 7.81. The summed E-state index contributed by atoms with van der Waals surface area (Å²) in [6.45, 7) is 4.95. The molecule has 1 unspecified atom stereocenters. The van der Waals surface area contributed by atoms with Gasteiger partial charge in [0, 0.05) is 13.1 Å². The topological polar surface area (TPSA) is 41.9 Å². The minimum Gasteiger partial charge on any atom is -0.445 e. The SMILES string of the molecule is C=CCOC(=O)N1CCC(N=C=S)C1. The van der Waals surface area contributed by atoms with Crippen molar-refractivity contribution in [3.8, 4) is 0 Å². The smallest absolute Gasteiger partial charge is 0.410 e. The fourth-order valence-corrected chi connectivity index (χ4v) is 1.46. The molecule has 0 spiro atoms. The van der Waals surface area contributed by atoms with Gasteiger partial charge >= 0.3 is 6.09 Å². The summed E-state index contributed by atoms with van der Waals surface area (Å²) in [5.74, 6) is 0. The Bertz CT molecular complexity index is 274. The summed E-state index contributed by atoms with van der Waals surface area (Å²) >= 11 is 4.50. The van der Waals surface area contributed by atoms with Gasteiger partial charge in [0.2, 0.25) is 0 Å². The van der Waals surface area contributed by atoms with E-state index in [4.69, 9.17) is 4.74 Å². The number of nitrogens with zero attached hydrogens (tertiary/aromatic N) is 2. The molecule has 1 atom stereocenters. The summed E-state index contributed by atoms with van der Waals surface area (Å²) in [6, 6.07) is 0.0868. The van der Waals surface area contributed by atoms with E-state index in [9.17, 15) is 4.79 Å². The van der Waals surface area contributed by atoms with Crippen LogP contribution >= 0.6 is 12.2 Å². The maximum absolute atomic E-state index is 11.3. The normalized spacial score (nSPS) is 20.0.